The molecule has 8 heteroatoms. The van der Waals surface area contributed by atoms with Crippen LogP contribution in [-0.2, 0) is 15.2 Å². The van der Waals surface area contributed by atoms with E-state index in [0.717, 1.165) is 5.56 Å². The van der Waals surface area contributed by atoms with Crippen molar-refractivity contribution in [3.63, 3.8) is 0 Å². The normalized spacial score (nSPS) is 17.1. The maximum atomic E-state index is 12.9. The molecule has 1 aliphatic rings. The summed E-state index contributed by atoms with van der Waals surface area (Å²) < 4.78 is 43.4. The Kier molecular flexibility index (Phi) is 4.50. The van der Waals surface area contributed by atoms with Crippen LogP contribution in [0.3, 0.4) is 0 Å². The van der Waals surface area contributed by atoms with Gasteiger partial charge in [0.2, 0.25) is 0 Å². The fraction of sp³-hybridized carbons (Fsp3) is 0.500. The van der Waals surface area contributed by atoms with Crippen molar-refractivity contribution in [1.82, 2.24) is 5.32 Å². The number of alkyl halides is 3. The Balaban J connectivity index is 1.99. The number of halogens is 3. The van der Waals surface area contributed by atoms with Crippen molar-refractivity contribution in [2.24, 2.45) is 10.2 Å². The molecule has 0 radical (unpaired) electrons. The van der Waals surface area contributed by atoms with Crippen LogP contribution in [0.4, 0.5) is 13.2 Å². The quantitative estimate of drug-likeness (QED) is 0.821. The van der Waals surface area contributed by atoms with Gasteiger partial charge in [-0.25, -0.2) is 0 Å². The van der Waals surface area contributed by atoms with Gasteiger partial charge in [-0.3, -0.25) is 4.79 Å². The van der Waals surface area contributed by atoms with Crippen molar-refractivity contribution in [3.8, 4) is 0 Å². The molecule has 0 aliphatic carbocycles. The van der Waals surface area contributed by atoms with E-state index in [2.05, 4.69) is 15.5 Å². The minimum absolute atomic E-state index is 0.0126. The lowest BCUT2D eigenvalue weighted by molar-refractivity contribution is -0.166. The minimum Gasteiger partial charge on any atom is -0.465 e. The van der Waals surface area contributed by atoms with Crippen LogP contribution in [0.2, 0.25) is 0 Å². The maximum Gasteiger partial charge on any atom is 0.442 e. The fourth-order valence-corrected chi connectivity index (χ4v) is 2.01. The number of benzene rings is 1. The largest absolute Gasteiger partial charge is 0.465 e. The number of ether oxygens (including phenoxy) is 1. The highest BCUT2D eigenvalue weighted by atomic mass is 19.4. The topological polar surface area (TPSA) is 63.0 Å². The van der Waals surface area contributed by atoms with Gasteiger partial charge in [-0.15, -0.1) is 10.2 Å². The molecule has 0 aromatic heterocycles. The monoisotopic (exact) mass is 315 g/mol. The molecule has 1 aromatic rings. The molecule has 0 saturated carbocycles. The summed E-state index contributed by atoms with van der Waals surface area (Å²) in [5.41, 5.74) is -1.65. The van der Waals surface area contributed by atoms with Crippen LogP contribution in [0.25, 0.3) is 0 Å². The van der Waals surface area contributed by atoms with Crippen LogP contribution in [-0.4, -0.2) is 25.3 Å². The molecule has 0 fully saturated rings. The molecule has 0 amide bonds. The summed E-state index contributed by atoms with van der Waals surface area (Å²) in [7, 11) is 0. The number of hydrogen-bond donors (Lipinski definition) is 1. The standard InChI is InChI=1S/C14H16F3N3O2/c1-3-22-12(21)8-18-9(2)10-4-6-11(7-5-10)13(19-20-13)14(15,16)17/h4-7,9,18H,3,8H2,1-2H3. The van der Waals surface area contributed by atoms with Crippen LogP contribution in [0.1, 0.15) is 31.0 Å². The van der Waals surface area contributed by atoms with Crippen LogP contribution < -0.4 is 5.32 Å². The smallest absolute Gasteiger partial charge is 0.442 e. The first-order valence-corrected chi connectivity index (χ1v) is 6.80. The van der Waals surface area contributed by atoms with E-state index in [4.69, 9.17) is 4.74 Å². The number of nitrogens with one attached hydrogen (secondary N) is 1. The average Bonchev–Trinajstić information content (AvgIpc) is 3.26. The van der Waals surface area contributed by atoms with Gasteiger partial charge in [0.15, 0.2) is 0 Å². The SMILES string of the molecule is CCOC(=O)CNC(C)c1ccc(C2(C(F)(F)F)N=N2)cc1. The van der Waals surface area contributed by atoms with Gasteiger partial charge in [0.05, 0.1) is 13.2 Å². The predicted molar refractivity (Wildman–Crippen MR) is 72.1 cm³/mol. The highest BCUT2D eigenvalue weighted by Gasteiger charge is 2.65. The summed E-state index contributed by atoms with van der Waals surface area (Å²) in [5, 5.41) is 9.25. The van der Waals surface area contributed by atoms with Crippen molar-refractivity contribution in [1.29, 1.82) is 0 Å². The zero-order valence-electron chi connectivity index (χ0n) is 12.1. The van der Waals surface area contributed by atoms with Crippen molar-refractivity contribution < 1.29 is 22.7 Å². The Bertz CT molecular complexity index is 564. The fourth-order valence-electron chi connectivity index (χ4n) is 2.01. The van der Waals surface area contributed by atoms with E-state index < -0.39 is 11.8 Å². The lowest BCUT2D eigenvalue weighted by atomic mass is 9.99. The molecule has 0 spiro atoms. The molecule has 0 bridgehead atoms. The highest BCUT2D eigenvalue weighted by molar-refractivity contribution is 5.71. The first kappa shape index (κ1) is 16.4. The Morgan fingerprint density at radius 2 is 1.91 bits per heavy atom. The van der Waals surface area contributed by atoms with Gasteiger partial charge in [-0.05, 0) is 19.4 Å². The Morgan fingerprint density at radius 3 is 2.36 bits per heavy atom. The third kappa shape index (κ3) is 3.27. The zero-order chi connectivity index (χ0) is 16.4. The Hall–Kier alpha value is -1.96. The summed E-state index contributed by atoms with van der Waals surface area (Å²) in [5.74, 6) is -0.377. The molecule has 2 rings (SSSR count). The minimum atomic E-state index is -4.53. The second kappa shape index (κ2) is 6.04. The summed E-state index contributed by atoms with van der Waals surface area (Å²) in [4.78, 5) is 11.2. The molecule has 1 unspecified atom stereocenters. The summed E-state index contributed by atoms with van der Waals surface area (Å²) in [6.07, 6.45) is -4.53. The van der Waals surface area contributed by atoms with E-state index in [-0.39, 0.29) is 24.1 Å². The molecule has 22 heavy (non-hydrogen) atoms. The summed E-state index contributed by atoms with van der Waals surface area (Å²) in [6.45, 7) is 3.86. The summed E-state index contributed by atoms with van der Waals surface area (Å²) >= 11 is 0. The predicted octanol–water partition coefficient (Wildman–Crippen LogP) is 3.08. The third-order valence-electron chi connectivity index (χ3n) is 3.37. The van der Waals surface area contributed by atoms with Gasteiger partial charge in [-0.2, -0.15) is 13.2 Å². The van der Waals surface area contributed by atoms with Gasteiger partial charge in [-0.1, -0.05) is 24.3 Å². The first-order valence-electron chi connectivity index (χ1n) is 6.80. The van der Waals surface area contributed by atoms with E-state index in [1.165, 1.54) is 12.1 Å². The first-order chi connectivity index (χ1) is 10.3. The van der Waals surface area contributed by atoms with Crippen LogP contribution in [0.5, 0.6) is 0 Å². The third-order valence-corrected chi connectivity index (χ3v) is 3.37. The van der Waals surface area contributed by atoms with E-state index in [1.54, 1.807) is 26.0 Å². The number of hydrogen-bond acceptors (Lipinski definition) is 5. The lowest BCUT2D eigenvalue weighted by Crippen LogP contribution is -2.30. The van der Waals surface area contributed by atoms with Gasteiger partial charge >= 0.3 is 17.8 Å². The molecular weight excluding hydrogens is 299 g/mol. The molecule has 0 saturated heterocycles. The van der Waals surface area contributed by atoms with Crippen LogP contribution >= 0.6 is 0 Å². The van der Waals surface area contributed by atoms with Crippen molar-refractivity contribution in [3.05, 3.63) is 35.4 Å². The number of esters is 1. The average molecular weight is 315 g/mol. The van der Waals surface area contributed by atoms with Crippen molar-refractivity contribution in [2.75, 3.05) is 13.2 Å². The highest BCUT2D eigenvalue weighted by Crippen LogP contribution is 2.52. The maximum absolute atomic E-state index is 12.9. The Morgan fingerprint density at radius 1 is 1.32 bits per heavy atom. The molecule has 1 atom stereocenters. The van der Waals surface area contributed by atoms with E-state index >= 15 is 0 Å². The second-order valence-corrected chi connectivity index (χ2v) is 4.90. The molecular formula is C14H16F3N3O2. The molecule has 1 aliphatic heterocycles. The number of carbonyl (C=O) groups is 1. The molecule has 120 valence electrons. The molecule has 1 N–H and O–H groups in total. The number of carbonyl (C=O) groups excluding carboxylic acids is 1. The van der Waals surface area contributed by atoms with Crippen molar-refractivity contribution >= 4 is 5.97 Å². The van der Waals surface area contributed by atoms with E-state index in [1.807, 2.05) is 0 Å². The lowest BCUT2D eigenvalue weighted by Gasteiger charge is -2.17. The van der Waals surface area contributed by atoms with Gasteiger partial charge in [0.1, 0.15) is 0 Å². The van der Waals surface area contributed by atoms with Gasteiger partial charge in [0.25, 0.3) is 0 Å². The zero-order valence-corrected chi connectivity index (χ0v) is 12.1. The van der Waals surface area contributed by atoms with Crippen molar-refractivity contribution in [2.45, 2.75) is 31.7 Å². The second-order valence-electron chi connectivity index (χ2n) is 4.90. The molecule has 1 heterocycles. The van der Waals surface area contributed by atoms with E-state index in [0.29, 0.717) is 6.61 Å². The van der Waals surface area contributed by atoms with Crippen LogP contribution in [0.15, 0.2) is 34.5 Å². The number of rotatable bonds is 6. The van der Waals surface area contributed by atoms with Gasteiger partial charge in [0, 0.05) is 11.6 Å². The van der Waals surface area contributed by atoms with Crippen LogP contribution in [0, 0.1) is 0 Å². The van der Waals surface area contributed by atoms with Gasteiger partial charge < -0.3 is 10.1 Å². The van der Waals surface area contributed by atoms with E-state index in [9.17, 15) is 18.0 Å². The molecule has 1 aromatic carbocycles. The summed E-state index contributed by atoms with van der Waals surface area (Å²) in [6, 6.07) is 5.63. The Labute approximate surface area is 125 Å². The number of nitrogens with zero attached hydrogens (tertiary/aromatic N) is 2. The molecule has 5 nitrogen and oxygen atoms in total.